The van der Waals surface area contributed by atoms with Gasteiger partial charge in [-0.1, -0.05) is 23.7 Å². The van der Waals surface area contributed by atoms with Gasteiger partial charge >= 0.3 is 0 Å². The van der Waals surface area contributed by atoms with Crippen molar-refractivity contribution in [3.63, 3.8) is 0 Å². The Morgan fingerprint density at radius 2 is 1.94 bits per heavy atom. The van der Waals surface area contributed by atoms with Crippen molar-refractivity contribution in [2.24, 2.45) is 0 Å². The number of halogens is 1. The normalized spacial score (nSPS) is 17.3. The van der Waals surface area contributed by atoms with Crippen LogP contribution in [0.2, 0.25) is 5.02 Å². The first-order chi connectivity index (χ1) is 15.2. The van der Waals surface area contributed by atoms with Gasteiger partial charge in [-0.25, -0.2) is 8.42 Å². The highest BCUT2D eigenvalue weighted by molar-refractivity contribution is 7.91. The number of aryl methyl sites for hydroxylation is 2. The lowest BCUT2D eigenvalue weighted by molar-refractivity contribution is 0.102. The van der Waals surface area contributed by atoms with Gasteiger partial charge in [-0.3, -0.25) is 9.48 Å². The van der Waals surface area contributed by atoms with E-state index in [0.29, 0.717) is 28.6 Å². The number of methoxy groups -OCH3 is 1. The second kappa shape index (κ2) is 8.60. The van der Waals surface area contributed by atoms with Crippen LogP contribution in [0.4, 0.5) is 5.69 Å². The molecule has 1 amide bonds. The topological polar surface area (TPSA) is 90.3 Å². The number of sulfone groups is 1. The molecule has 168 valence electrons. The molecule has 0 radical (unpaired) electrons. The Balaban J connectivity index is 1.70. The summed E-state index contributed by atoms with van der Waals surface area (Å²) in [6, 6.07) is 12.3. The molecule has 0 aliphatic carbocycles. The molecule has 1 saturated heterocycles. The van der Waals surface area contributed by atoms with E-state index < -0.39 is 15.7 Å². The second-order valence-corrected chi connectivity index (χ2v) is 10.7. The van der Waals surface area contributed by atoms with E-state index in [1.54, 1.807) is 28.9 Å². The van der Waals surface area contributed by atoms with Gasteiger partial charge in [0.15, 0.2) is 15.5 Å². The monoisotopic (exact) mass is 473 g/mol. The highest BCUT2D eigenvalue weighted by Gasteiger charge is 2.32. The van der Waals surface area contributed by atoms with Crippen molar-refractivity contribution < 1.29 is 17.9 Å². The number of nitrogens with zero attached hydrogens (tertiary/aromatic N) is 2. The average molecular weight is 474 g/mol. The number of amides is 1. The molecule has 0 unspecified atom stereocenters. The SMILES string of the molecule is COc1ccc(NC(=O)c2cc(-c3ccc(C)c(C)c3)n([C@@H]3CCS(=O)(=O)C3)n2)cc1Cl. The van der Waals surface area contributed by atoms with Crippen LogP contribution in [0.1, 0.15) is 34.1 Å². The number of aromatic nitrogens is 2. The molecule has 32 heavy (non-hydrogen) atoms. The van der Waals surface area contributed by atoms with Crippen molar-refractivity contribution >= 4 is 33.0 Å². The van der Waals surface area contributed by atoms with E-state index >= 15 is 0 Å². The summed E-state index contributed by atoms with van der Waals surface area (Å²) >= 11 is 6.16. The van der Waals surface area contributed by atoms with Crippen LogP contribution in [-0.4, -0.2) is 42.7 Å². The van der Waals surface area contributed by atoms with Crippen LogP contribution in [-0.2, 0) is 9.84 Å². The van der Waals surface area contributed by atoms with Crippen LogP contribution in [0.15, 0.2) is 42.5 Å². The maximum absolute atomic E-state index is 13.0. The van der Waals surface area contributed by atoms with Crippen LogP contribution in [0.5, 0.6) is 5.75 Å². The van der Waals surface area contributed by atoms with Gasteiger partial charge in [0.1, 0.15) is 5.75 Å². The average Bonchev–Trinajstić information content (AvgIpc) is 3.33. The Labute approximate surface area is 192 Å². The fourth-order valence-electron chi connectivity index (χ4n) is 3.81. The third kappa shape index (κ3) is 4.52. The third-order valence-corrected chi connectivity index (χ3v) is 7.78. The first-order valence-corrected chi connectivity index (χ1v) is 12.4. The zero-order valence-electron chi connectivity index (χ0n) is 18.1. The maximum atomic E-state index is 13.0. The van der Waals surface area contributed by atoms with E-state index in [-0.39, 0.29) is 23.2 Å². The molecule has 0 saturated carbocycles. The molecule has 7 nitrogen and oxygen atoms in total. The highest BCUT2D eigenvalue weighted by atomic mass is 35.5. The zero-order valence-corrected chi connectivity index (χ0v) is 19.6. The largest absolute Gasteiger partial charge is 0.495 e. The Hall–Kier alpha value is -2.84. The number of hydrogen-bond acceptors (Lipinski definition) is 5. The number of anilines is 1. The van der Waals surface area contributed by atoms with Gasteiger partial charge in [0.25, 0.3) is 5.91 Å². The summed E-state index contributed by atoms with van der Waals surface area (Å²) in [4.78, 5) is 13.0. The molecular weight excluding hydrogens is 450 g/mol. The predicted octanol–water partition coefficient (Wildman–Crippen LogP) is 4.44. The van der Waals surface area contributed by atoms with Crippen LogP contribution in [0, 0.1) is 13.8 Å². The molecule has 1 aliphatic rings. The van der Waals surface area contributed by atoms with E-state index in [4.69, 9.17) is 16.3 Å². The minimum Gasteiger partial charge on any atom is -0.495 e. The van der Waals surface area contributed by atoms with Crippen molar-refractivity contribution in [3.05, 3.63) is 64.3 Å². The molecule has 4 rings (SSSR count). The number of ether oxygens (including phenoxy) is 1. The van der Waals surface area contributed by atoms with E-state index in [1.807, 2.05) is 32.0 Å². The zero-order chi connectivity index (χ0) is 23.0. The molecule has 0 spiro atoms. The lowest BCUT2D eigenvalue weighted by Crippen LogP contribution is -2.16. The van der Waals surface area contributed by atoms with Crippen molar-refractivity contribution in [1.29, 1.82) is 0 Å². The van der Waals surface area contributed by atoms with Crippen LogP contribution in [0.3, 0.4) is 0 Å². The standard InChI is InChI=1S/C23H24ClN3O4S/c1-14-4-5-16(10-15(14)2)21-12-20(26-27(21)18-8-9-32(29,30)13-18)23(28)25-17-6-7-22(31-3)19(24)11-17/h4-7,10-12,18H,8-9,13H2,1-3H3,(H,25,28)/t18-/m1/s1. The summed E-state index contributed by atoms with van der Waals surface area (Å²) in [6.07, 6.45) is 0.469. The van der Waals surface area contributed by atoms with Gasteiger partial charge in [-0.2, -0.15) is 5.10 Å². The van der Waals surface area contributed by atoms with Gasteiger partial charge in [-0.05, 0) is 61.7 Å². The second-order valence-electron chi connectivity index (χ2n) is 8.02. The minimum atomic E-state index is -3.12. The van der Waals surface area contributed by atoms with Crippen LogP contribution < -0.4 is 10.1 Å². The lowest BCUT2D eigenvalue weighted by Gasteiger charge is -2.14. The molecule has 1 fully saturated rings. The molecule has 2 heterocycles. The first kappa shape index (κ1) is 22.4. The Morgan fingerprint density at radius 1 is 1.16 bits per heavy atom. The highest BCUT2D eigenvalue weighted by Crippen LogP contribution is 2.32. The number of nitrogens with one attached hydrogen (secondary N) is 1. The van der Waals surface area contributed by atoms with E-state index in [1.165, 1.54) is 7.11 Å². The summed E-state index contributed by atoms with van der Waals surface area (Å²) < 4.78 is 31.0. The van der Waals surface area contributed by atoms with Gasteiger partial charge in [-0.15, -0.1) is 0 Å². The predicted molar refractivity (Wildman–Crippen MR) is 125 cm³/mol. The van der Waals surface area contributed by atoms with E-state index in [0.717, 1.165) is 16.7 Å². The summed E-state index contributed by atoms with van der Waals surface area (Å²) in [5.41, 5.74) is 4.57. The minimum absolute atomic E-state index is 0.0155. The van der Waals surface area contributed by atoms with Gasteiger partial charge in [0, 0.05) is 11.3 Å². The van der Waals surface area contributed by atoms with E-state index in [2.05, 4.69) is 10.4 Å². The Morgan fingerprint density at radius 3 is 2.56 bits per heavy atom. The molecule has 0 bridgehead atoms. The maximum Gasteiger partial charge on any atom is 0.276 e. The van der Waals surface area contributed by atoms with Crippen molar-refractivity contribution in [3.8, 4) is 17.0 Å². The van der Waals surface area contributed by atoms with Crippen molar-refractivity contribution in [1.82, 2.24) is 9.78 Å². The molecule has 1 aliphatic heterocycles. The Bertz CT molecular complexity index is 1300. The Kier molecular flexibility index (Phi) is 6.01. The molecule has 9 heteroatoms. The van der Waals surface area contributed by atoms with Crippen molar-refractivity contribution in [2.75, 3.05) is 23.9 Å². The molecule has 1 N–H and O–H groups in total. The fraction of sp³-hybridized carbons (Fsp3) is 0.304. The number of carbonyl (C=O) groups is 1. The van der Waals surface area contributed by atoms with Gasteiger partial charge in [0.2, 0.25) is 0 Å². The molecule has 1 aromatic heterocycles. The third-order valence-electron chi connectivity index (χ3n) is 5.73. The lowest BCUT2D eigenvalue weighted by atomic mass is 10.0. The molecular formula is C23H24ClN3O4S. The quantitative estimate of drug-likeness (QED) is 0.591. The number of benzene rings is 2. The molecule has 2 aromatic carbocycles. The summed E-state index contributed by atoms with van der Waals surface area (Å²) in [6.45, 7) is 4.04. The fourth-order valence-corrected chi connectivity index (χ4v) is 5.76. The van der Waals surface area contributed by atoms with Crippen molar-refractivity contribution in [2.45, 2.75) is 26.3 Å². The number of rotatable bonds is 5. The van der Waals surface area contributed by atoms with Crippen LogP contribution >= 0.6 is 11.6 Å². The van der Waals surface area contributed by atoms with Gasteiger partial charge in [0.05, 0.1) is 35.4 Å². The number of hydrogen-bond donors (Lipinski definition) is 1. The number of carbonyl (C=O) groups excluding carboxylic acids is 1. The molecule has 3 aromatic rings. The summed E-state index contributed by atoms with van der Waals surface area (Å²) in [5.74, 6) is 0.238. The smallest absolute Gasteiger partial charge is 0.276 e. The summed E-state index contributed by atoms with van der Waals surface area (Å²) in [5, 5.41) is 7.70. The summed E-state index contributed by atoms with van der Waals surface area (Å²) in [7, 11) is -1.60. The van der Waals surface area contributed by atoms with E-state index in [9.17, 15) is 13.2 Å². The molecule has 1 atom stereocenters. The van der Waals surface area contributed by atoms with Crippen LogP contribution in [0.25, 0.3) is 11.3 Å². The van der Waals surface area contributed by atoms with Gasteiger partial charge < -0.3 is 10.1 Å². The first-order valence-electron chi connectivity index (χ1n) is 10.2.